The van der Waals surface area contributed by atoms with E-state index in [0.29, 0.717) is 0 Å². The Kier molecular flexibility index (Phi) is 5.95. The van der Waals surface area contributed by atoms with E-state index in [1.165, 1.54) is 4.90 Å². The van der Waals surface area contributed by atoms with E-state index in [1.807, 2.05) is 0 Å². The first-order valence-electron chi connectivity index (χ1n) is 7.74. The van der Waals surface area contributed by atoms with E-state index in [4.69, 9.17) is 20.3 Å². The van der Waals surface area contributed by atoms with Crippen LogP contribution in [0.15, 0.2) is 9.98 Å². The Morgan fingerprint density at radius 3 is 2.57 bits per heavy atom. The second-order valence-corrected chi connectivity index (χ2v) is 8.89. The highest BCUT2D eigenvalue weighted by Gasteiger charge is 2.51. The third kappa shape index (κ3) is 4.59. The van der Waals surface area contributed by atoms with Crippen molar-refractivity contribution in [2.24, 2.45) is 15.7 Å². The first kappa shape index (κ1) is 21.7. The standard InChI is InChI=1S/C10H19N5O11P2/c11-10-13-7-4(8(18)14-10)12-2-15(7)9-6(17)5(16)3(25-9)1-24-28(22,23)26-27(19,20)21/h3-6,8-9,12,16-18H,1-2H2,(H2,11,14)(H,22,23)(H2,19,20,21)/t3-,4?,5-,6-,8?,9-/m1/s1. The van der Waals surface area contributed by atoms with Gasteiger partial charge in [-0.2, -0.15) is 9.30 Å². The number of aliphatic imine (C=N–C) groups is 2. The predicted octanol–water partition coefficient (Wildman–Crippen LogP) is -4.06. The van der Waals surface area contributed by atoms with Gasteiger partial charge in [-0.1, -0.05) is 0 Å². The van der Waals surface area contributed by atoms with Crippen molar-refractivity contribution in [2.45, 2.75) is 36.8 Å². The number of amidine groups is 1. The van der Waals surface area contributed by atoms with E-state index in [9.17, 15) is 29.3 Å². The smallest absolute Gasteiger partial charge is 0.387 e. The SMILES string of the molecule is NC1=NC(O)C2NCN([C@@H]3O[C@H](COP(=O)(O)OP(=O)(O)O)[C@@H](O)[C@H]3O)C2=N1. The molecule has 9 N–H and O–H groups in total. The number of guanidine groups is 1. The number of fused-ring (bicyclic) bond motifs is 1. The molecule has 2 fully saturated rings. The quantitative estimate of drug-likeness (QED) is 0.180. The first-order chi connectivity index (χ1) is 12.9. The summed E-state index contributed by atoms with van der Waals surface area (Å²) in [6.07, 6.45) is -6.86. The second-order valence-electron chi connectivity index (χ2n) is 6.06. The van der Waals surface area contributed by atoms with Crippen LogP contribution in [0.3, 0.4) is 0 Å². The lowest BCUT2D eigenvalue weighted by molar-refractivity contribution is -0.0687. The summed E-state index contributed by atoms with van der Waals surface area (Å²) in [6, 6.07) is -0.718. The van der Waals surface area contributed by atoms with Gasteiger partial charge in [-0.25, -0.2) is 14.1 Å². The summed E-state index contributed by atoms with van der Waals surface area (Å²) in [6.45, 7) is -0.781. The fraction of sp³-hybridized carbons (Fsp3) is 0.800. The van der Waals surface area contributed by atoms with Crippen LogP contribution in [0.25, 0.3) is 0 Å². The normalized spacial score (nSPS) is 38.0. The zero-order chi connectivity index (χ0) is 20.9. The molecule has 3 unspecified atom stereocenters. The average molecular weight is 447 g/mol. The monoisotopic (exact) mass is 447 g/mol. The maximum Gasteiger partial charge on any atom is 0.481 e. The Labute approximate surface area is 157 Å². The highest BCUT2D eigenvalue weighted by Crippen LogP contribution is 2.57. The largest absolute Gasteiger partial charge is 0.481 e. The maximum absolute atomic E-state index is 11.5. The Hall–Kier alpha value is -1.00. The van der Waals surface area contributed by atoms with E-state index < -0.39 is 59.1 Å². The van der Waals surface area contributed by atoms with Gasteiger partial charge in [0.2, 0.25) is 5.96 Å². The molecule has 28 heavy (non-hydrogen) atoms. The third-order valence-corrected chi connectivity index (χ3v) is 6.25. The molecule has 0 amide bonds. The molecule has 18 heteroatoms. The molecule has 7 atom stereocenters. The van der Waals surface area contributed by atoms with E-state index in [0.717, 1.165) is 0 Å². The van der Waals surface area contributed by atoms with Crippen LogP contribution < -0.4 is 11.1 Å². The fourth-order valence-corrected chi connectivity index (χ4v) is 4.55. The lowest BCUT2D eigenvalue weighted by Gasteiger charge is -2.29. The summed E-state index contributed by atoms with van der Waals surface area (Å²) < 4.78 is 35.6. The van der Waals surface area contributed by atoms with Crippen molar-refractivity contribution in [3.63, 3.8) is 0 Å². The van der Waals surface area contributed by atoms with Gasteiger partial charge in [0, 0.05) is 0 Å². The number of aliphatic hydroxyl groups is 3. The van der Waals surface area contributed by atoms with Crippen molar-refractivity contribution < 1.29 is 52.7 Å². The number of nitrogens with zero attached hydrogens (tertiary/aromatic N) is 3. The highest BCUT2D eigenvalue weighted by molar-refractivity contribution is 7.60. The molecule has 0 bridgehead atoms. The number of phosphoric ester groups is 1. The van der Waals surface area contributed by atoms with Gasteiger partial charge in [-0.15, -0.1) is 0 Å². The third-order valence-electron chi connectivity index (χ3n) is 4.10. The van der Waals surface area contributed by atoms with Gasteiger partial charge in [0.05, 0.1) is 13.3 Å². The molecule has 0 aromatic carbocycles. The molecule has 0 aromatic rings. The van der Waals surface area contributed by atoms with E-state index in [-0.39, 0.29) is 18.5 Å². The lowest BCUT2D eigenvalue weighted by Crippen LogP contribution is -2.49. The number of nitrogens with two attached hydrogens (primary N) is 1. The average Bonchev–Trinajstić information content (AvgIpc) is 3.06. The van der Waals surface area contributed by atoms with Crippen LogP contribution in [-0.4, -0.2) is 96.8 Å². The summed E-state index contributed by atoms with van der Waals surface area (Å²) in [5, 5.41) is 33.1. The number of hydrogen-bond acceptors (Lipinski definition) is 13. The second kappa shape index (κ2) is 7.68. The molecule has 160 valence electrons. The Balaban J connectivity index is 1.67. The molecule has 0 aliphatic carbocycles. The first-order valence-corrected chi connectivity index (χ1v) is 10.8. The minimum atomic E-state index is -5.30. The minimum absolute atomic E-state index is 0.0468. The number of nitrogens with one attached hydrogen (secondary N) is 1. The van der Waals surface area contributed by atoms with Crippen molar-refractivity contribution in [3.8, 4) is 0 Å². The van der Waals surface area contributed by atoms with Crippen LogP contribution in [0.1, 0.15) is 0 Å². The number of ether oxygens (including phenoxy) is 1. The Morgan fingerprint density at radius 1 is 1.25 bits per heavy atom. The molecule has 0 aromatic heterocycles. The van der Waals surface area contributed by atoms with Gasteiger partial charge in [0.1, 0.15) is 30.2 Å². The minimum Gasteiger partial charge on any atom is -0.387 e. The van der Waals surface area contributed by atoms with Crippen molar-refractivity contribution in [3.05, 3.63) is 0 Å². The van der Waals surface area contributed by atoms with Crippen LogP contribution in [0.5, 0.6) is 0 Å². The molecule has 2 saturated heterocycles. The Morgan fingerprint density at radius 2 is 1.93 bits per heavy atom. The van der Waals surface area contributed by atoms with Crippen LogP contribution in [0.2, 0.25) is 0 Å². The fourth-order valence-electron chi connectivity index (χ4n) is 2.95. The number of aliphatic hydroxyl groups excluding tert-OH is 3. The molecular formula is C10H19N5O11P2. The van der Waals surface area contributed by atoms with Gasteiger partial charge in [-0.05, 0) is 0 Å². The van der Waals surface area contributed by atoms with Crippen LogP contribution in [0, 0.1) is 0 Å². The molecular weight excluding hydrogens is 428 g/mol. The summed E-state index contributed by atoms with van der Waals surface area (Å²) in [4.78, 5) is 35.4. The number of rotatable bonds is 6. The summed E-state index contributed by atoms with van der Waals surface area (Å²) in [7, 11) is -10.5. The van der Waals surface area contributed by atoms with Gasteiger partial charge in [-0.3, -0.25) is 9.84 Å². The van der Waals surface area contributed by atoms with E-state index >= 15 is 0 Å². The van der Waals surface area contributed by atoms with Crippen molar-refractivity contribution in [1.82, 2.24) is 10.2 Å². The van der Waals surface area contributed by atoms with Crippen LogP contribution in [0.4, 0.5) is 0 Å². The van der Waals surface area contributed by atoms with Crippen LogP contribution >= 0.6 is 15.6 Å². The van der Waals surface area contributed by atoms with Crippen molar-refractivity contribution >= 4 is 27.4 Å². The number of hydrogen-bond donors (Lipinski definition) is 8. The van der Waals surface area contributed by atoms with Gasteiger partial charge >= 0.3 is 15.6 Å². The maximum atomic E-state index is 11.5. The lowest BCUT2D eigenvalue weighted by atomic mass is 10.1. The van der Waals surface area contributed by atoms with Gasteiger partial charge in [0.25, 0.3) is 0 Å². The molecule has 16 nitrogen and oxygen atoms in total. The predicted molar refractivity (Wildman–Crippen MR) is 88.3 cm³/mol. The van der Waals surface area contributed by atoms with E-state index in [2.05, 4.69) is 24.1 Å². The molecule has 0 radical (unpaired) electrons. The van der Waals surface area contributed by atoms with Crippen molar-refractivity contribution in [1.29, 1.82) is 0 Å². The molecule has 3 aliphatic heterocycles. The zero-order valence-electron chi connectivity index (χ0n) is 13.9. The number of phosphoric acid groups is 2. The molecule has 3 heterocycles. The molecule has 0 spiro atoms. The van der Waals surface area contributed by atoms with E-state index in [1.54, 1.807) is 0 Å². The Bertz CT molecular complexity index is 773. The van der Waals surface area contributed by atoms with Gasteiger partial charge < -0.3 is 45.4 Å². The molecule has 3 rings (SSSR count). The van der Waals surface area contributed by atoms with Crippen molar-refractivity contribution in [2.75, 3.05) is 13.3 Å². The zero-order valence-corrected chi connectivity index (χ0v) is 15.7. The summed E-state index contributed by atoms with van der Waals surface area (Å²) >= 11 is 0. The van der Waals surface area contributed by atoms with Crippen LogP contribution in [-0.2, 0) is 22.7 Å². The molecule has 0 saturated carbocycles. The summed E-state index contributed by atoms with van der Waals surface area (Å²) in [5.41, 5.74) is 5.52. The highest BCUT2D eigenvalue weighted by atomic mass is 31.3. The topological polar surface area (TPSA) is 249 Å². The summed E-state index contributed by atoms with van der Waals surface area (Å²) in [5.74, 6) is 0.00616. The van der Waals surface area contributed by atoms with Gasteiger partial charge in [0.15, 0.2) is 12.5 Å². The molecule has 3 aliphatic rings.